The minimum Gasteiger partial charge on any atom is -0.369 e. The average molecular weight is 251 g/mol. The minimum atomic E-state index is -0.0569. The van der Waals surface area contributed by atoms with E-state index < -0.39 is 0 Å². The van der Waals surface area contributed by atoms with Crippen molar-refractivity contribution >= 4 is 5.91 Å². The molecule has 1 amide bonds. The Balaban J connectivity index is 1.77. The quantitative estimate of drug-likeness (QED) is 0.740. The Hall–Kier alpha value is -0.530. The van der Waals surface area contributed by atoms with Crippen LogP contribution in [0.3, 0.4) is 0 Å². The van der Waals surface area contributed by atoms with Crippen molar-refractivity contribution in [2.45, 2.75) is 71.1 Å². The van der Waals surface area contributed by atoms with Crippen molar-refractivity contribution in [1.29, 1.82) is 0 Å². The van der Waals surface area contributed by atoms with Gasteiger partial charge < -0.3 is 5.73 Å². The van der Waals surface area contributed by atoms with E-state index in [1.807, 2.05) is 0 Å². The first-order valence-electron chi connectivity index (χ1n) is 8.00. The van der Waals surface area contributed by atoms with Crippen LogP contribution in [0, 0.1) is 23.7 Å². The molecule has 2 heteroatoms. The molecule has 18 heavy (non-hydrogen) atoms. The zero-order valence-corrected chi connectivity index (χ0v) is 11.9. The van der Waals surface area contributed by atoms with Gasteiger partial charge in [0.15, 0.2) is 0 Å². The standard InChI is InChI=1S/C16H29NO/c1-2-3-4-5-12-6-7-14-11-15(16(17)18)9-8-13(14)10-12/h12-15H,2-11H2,1H3,(H2,17,18). The van der Waals surface area contributed by atoms with Crippen LogP contribution >= 0.6 is 0 Å². The first-order valence-corrected chi connectivity index (χ1v) is 8.00. The van der Waals surface area contributed by atoms with E-state index in [1.54, 1.807) is 0 Å². The van der Waals surface area contributed by atoms with E-state index in [4.69, 9.17) is 5.73 Å². The molecular formula is C16H29NO. The molecule has 2 aliphatic rings. The van der Waals surface area contributed by atoms with Crippen LogP contribution in [-0.2, 0) is 4.79 Å². The van der Waals surface area contributed by atoms with Crippen LogP contribution in [0.25, 0.3) is 0 Å². The Morgan fingerprint density at radius 2 is 1.78 bits per heavy atom. The van der Waals surface area contributed by atoms with Gasteiger partial charge in [-0.3, -0.25) is 4.79 Å². The predicted molar refractivity (Wildman–Crippen MR) is 75.0 cm³/mol. The summed E-state index contributed by atoms with van der Waals surface area (Å²) in [7, 11) is 0. The molecule has 0 aromatic heterocycles. The number of carbonyl (C=O) groups is 1. The van der Waals surface area contributed by atoms with E-state index in [1.165, 1.54) is 51.4 Å². The molecular weight excluding hydrogens is 222 g/mol. The topological polar surface area (TPSA) is 43.1 Å². The second-order valence-corrected chi connectivity index (χ2v) is 6.61. The van der Waals surface area contributed by atoms with E-state index in [-0.39, 0.29) is 11.8 Å². The molecule has 2 N–H and O–H groups in total. The highest BCUT2D eigenvalue weighted by Gasteiger charge is 2.36. The van der Waals surface area contributed by atoms with Crippen molar-refractivity contribution in [3.63, 3.8) is 0 Å². The zero-order chi connectivity index (χ0) is 13.0. The summed E-state index contributed by atoms with van der Waals surface area (Å²) in [5, 5.41) is 0. The largest absolute Gasteiger partial charge is 0.369 e. The summed E-state index contributed by atoms with van der Waals surface area (Å²) in [4.78, 5) is 11.3. The molecule has 2 aliphatic carbocycles. The Kier molecular flexibility index (Phi) is 5.08. The molecule has 0 aromatic rings. The molecule has 0 aromatic carbocycles. The van der Waals surface area contributed by atoms with Crippen LogP contribution in [0.2, 0.25) is 0 Å². The van der Waals surface area contributed by atoms with Gasteiger partial charge in [-0.15, -0.1) is 0 Å². The summed E-state index contributed by atoms with van der Waals surface area (Å²) in [6, 6.07) is 0. The maximum atomic E-state index is 11.3. The van der Waals surface area contributed by atoms with Gasteiger partial charge in [-0.1, -0.05) is 39.0 Å². The lowest BCUT2D eigenvalue weighted by molar-refractivity contribution is -0.124. The van der Waals surface area contributed by atoms with Gasteiger partial charge in [-0.2, -0.15) is 0 Å². The summed E-state index contributed by atoms with van der Waals surface area (Å²) in [6.07, 6.45) is 13.2. The second-order valence-electron chi connectivity index (χ2n) is 6.61. The van der Waals surface area contributed by atoms with Crippen molar-refractivity contribution in [3.8, 4) is 0 Å². The van der Waals surface area contributed by atoms with Crippen LogP contribution in [-0.4, -0.2) is 5.91 Å². The van der Waals surface area contributed by atoms with Gasteiger partial charge in [0.2, 0.25) is 5.91 Å². The van der Waals surface area contributed by atoms with Crippen molar-refractivity contribution in [1.82, 2.24) is 0 Å². The highest BCUT2D eigenvalue weighted by Crippen LogP contribution is 2.45. The summed E-state index contributed by atoms with van der Waals surface area (Å²) in [6.45, 7) is 2.28. The molecule has 2 fully saturated rings. The number of hydrogen-bond donors (Lipinski definition) is 1. The van der Waals surface area contributed by atoms with Gasteiger partial charge in [-0.25, -0.2) is 0 Å². The number of rotatable bonds is 5. The predicted octanol–water partition coefficient (Wildman–Crippen LogP) is 3.88. The molecule has 0 saturated heterocycles. The van der Waals surface area contributed by atoms with E-state index in [0.29, 0.717) is 0 Å². The van der Waals surface area contributed by atoms with Crippen LogP contribution in [0.5, 0.6) is 0 Å². The SMILES string of the molecule is CCCCCC1CCC2CC(C(N)=O)CCC2C1. The smallest absolute Gasteiger partial charge is 0.220 e. The minimum absolute atomic E-state index is 0.0569. The summed E-state index contributed by atoms with van der Waals surface area (Å²) >= 11 is 0. The Morgan fingerprint density at radius 3 is 2.50 bits per heavy atom. The number of carbonyl (C=O) groups excluding carboxylic acids is 1. The molecule has 2 rings (SSSR count). The van der Waals surface area contributed by atoms with Gasteiger partial charge in [0, 0.05) is 5.92 Å². The third kappa shape index (κ3) is 3.49. The van der Waals surface area contributed by atoms with E-state index >= 15 is 0 Å². The van der Waals surface area contributed by atoms with Crippen molar-refractivity contribution < 1.29 is 4.79 Å². The third-order valence-corrected chi connectivity index (χ3v) is 5.34. The Morgan fingerprint density at radius 1 is 1.06 bits per heavy atom. The van der Waals surface area contributed by atoms with Crippen molar-refractivity contribution in [3.05, 3.63) is 0 Å². The fraction of sp³-hybridized carbons (Fsp3) is 0.938. The van der Waals surface area contributed by atoms with Gasteiger partial charge >= 0.3 is 0 Å². The lowest BCUT2D eigenvalue weighted by Gasteiger charge is -2.41. The fourth-order valence-electron chi connectivity index (χ4n) is 4.19. The van der Waals surface area contributed by atoms with Crippen LogP contribution in [0.15, 0.2) is 0 Å². The molecule has 4 unspecified atom stereocenters. The zero-order valence-electron chi connectivity index (χ0n) is 11.9. The van der Waals surface area contributed by atoms with Gasteiger partial charge in [0.05, 0.1) is 0 Å². The van der Waals surface area contributed by atoms with Gasteiger partial charge in [-0.05, 0) is 49.9 Å². The Bertz CT molecular complexity index is 276. The first kappa shape index (κ1) is 13.9. The first-order chi connectivity index (χ1) is 8.70. The molecule has 0 spiro atoms. The normalized spacial score (nSPS) is 36.1. The number of fused-ring (bicyclic) bond motifs is 1. The molecule has 0 bridgehead atoms. The average Bonchev–Trinajstić information content (AvgIpc) is 2.38. The van der Waals surface area contributed by atoms with Crippen molar-refractivity contribution in [2.75, 3.05) is 0 Å². The lowest BCUT2D eigenvalue weighted by Crippen LogP contribution is -2.36. The molecule has 2 nitrogen and oxygen atoms in total. The highest BCUT2D eigenvalue weighted by atomic mass is 16.1. The number of unbranched alkanes of at least 4 members (excludes halogenated alkanes) is 2. The molecule has 0 heterocycles. The van der Waals surface area contributed by atoms with Crippen LogP contribution in [0.1, 0.15) is 71.1 Å². The summed E-state index contributed by atoms with van der Waals surface area (Å²) in [5.41, 5.74) is 5.46. The monoisotopic (exact) mass is 251 g/mol. The number of amides is 1. The molecule has 0 aliphatic heterocycles. The highest BCUT2D eigenvalue weighted by molar-refractivity contribution is 5.76. The maximum Gasteiger partial charge on any atom is 0.220 e. The van der Waals surface area contributed by atoms with E-state index in [0.717, 1.165) is 30.6 Å². The van der Waals surface area contributed by atoms with Gasteiger partial charge in [0.1, 0.15) is 0 Å². The number of nitrogens with two attached hydrogens (primary N) is 1. The number of primary amides is 1. The van der Waals surface area contributed by atoms with E-state index in [2.05, 4.69) is 6.92 Å². The van der Waals surface area contributed by atoms with Crippen LogP contribution < -0.4 is 5.73 Å². The fourth-order valence-corrected chi connectivity index (χ4v) is 4.19. The maximum absolute atomic E-state index is 11.3. The molecule has 0 radical (unpaired) electrons. The number of hydrogen-bond acceptors (Lipinski definition) is 1. The summed E-state index contributed by atoms with van der Waals surface area (Å²) < 4.78 is 0. The summed E-state index contributed by atoms with van der Waals surface area (Å²) in [5.74, 6) is 2.81. The second kappa shape index (κ2) is 6.58. The third-order valence-electron chi connectivity index (χ3n) is 5.34. The van der Waals surface area contributed by atoms with Crippen LogP contribution in [0.4, 0.5) is 0 Å². The molecule has 104 valence electrons. The van der Waals surface area contributed by atoms with E-state index in [9.17, 15) is 4.79 Å². The Labute approximate surface area is 112 Å². The van der Waals surface area contributed by atoms with Crippen molar-refractivity contribution in [2.24, 2.45) is 29.4 Å². The lowest BCUT2D eigenvalue weighted by atomic mass is 9.64. The van der Waals surface area contributed by atoms with Gasteiger partial charge in [0.25, 0.3) is 0 Å². The molecule has 2 saturated carbocycles. The molecule has 4 atom stereocenters.